The Morgan fingerprint density at radius 2 is 2.00 bits per heavy atom. The van der Waals surface area contributed by atoms with Gasteiger partial charge >= 0.3 is 6.18 Å². The van der Waals surface area contributed by atoms with Gasteiger partial charge in [-0.1, -0.05) is 28.1 Å². The normalized spacial score (nSPS) is 13.2. The summed E-state index contributed by atoms with van der Waals surface area (Å²) in [5.74, 6) is 0. The average molecular weight is 346 g/mol. The van der Waals surface area contributed by atoms with E-state index < -0.39 is 17.8 Å². The second-order valence-corrected chi connectivity index (χ2v) is 5.23. The molecule has 0 saturated heterocycles. The molecule has 6 heteroatoms. The average Bonchev–Trinajstić information content (AvgIpc) is 2.38. The molecule has 20 heavy (non-hydrogen) atoms. The van der Waals surface area contributed by atoms with Crippen molar-refractivity contribution in [1.29, 1.82) is 0 Å². The van der Waals surface area contributed by atoms with Gasteiger partial charge in [-0.2, -0.15) is 13.2 Å². The Hall–Kier alpha value is -1.40. The van der Waals surface area contributed by atoms with Crippen LogP contribution in [0.25, 0.3) is 0 Å². The second kappa shape index (κ2) is 5.93. The number of alkyl halides is 3. The van der Waals surface area contributed by atoms with E-state index in [9.17, 15) is 18.3 Å². The number of pyridine rings is 1. The summed E-state index contributed by atoms with van der Waals surface area (Å²) in [6.07, 6.45) is -2.57. The van der Waals surface area contributed by atoms with Gasteiger partial charge in [0, 0.05) is 23.3 Å². The lowest BCUT2D eigenvalue weighted by atomic mass is 9.97. The molecule has 1 N–H and O–H groups in total. The Morgan fingerprint density at radius 1 is 1.25 bits per heavy atom. The Morgan fingerprint density at radius 3 is 2.60 bits per heavy atom. The van der Waals surface area contributed by atoms with Crippen LogP contribution in [0.1, 0.15) is 22.8 Å². The maximum absolute atomic E-state index is 13.0. The quantitative estimate of drug-likeness (QED) is 0.906. The lowest BCUT2D eigenvalue weighted by molar-refractivity contribution is -0.139. The summed E-state index contributed by atoms with van der Waals surface area (Å²) < 4.78 is 39.3. The summed E-state index contributed by atoms with van der Waals surface area (Å²) in [5, 5.41) is 10.1. The molecule has 1 aromatic heterocycles. The molecule has 2 rings (SSSR count). The van der Waals surface area contributed by atoms with E-state index >= 15 is 0 Å². The van der Waals surface area contributed by atoms with Crippen LogP contribution in [0.15, 0.2) is 47.2 Å². The van der Waals surface area contributed by atoms with E-state index in [1.165, 1.54) is 18.3 Å². The van der Waals surface area contributed by atoms with Crippen molar-refractivity contribution >= 4 is 15.9 Å². The Labute approximate surface area is 122 Å². The van der Waals surface area contributed by atoms with Crippen LogP contribution in [0.5, 0.6) is 0 Å². The van der Waals surface area contributed by atoms with Gasteiger partial charge in [0.1, 0.15) is 0 Å². The summed E-state index contributed by atoms with van der Waals surface area (Å²) in [6, 6.07) is 7.13. The van der Waals surface area contributed by atoms with Crippen LogP contribution in [-0.4, -0.2) is 10.1 Å². The van der Waals surface area contributed by atoms with E-state index in [1.54, 1.807) is 18.3 Å². The van der Waals surface area contributed by atoms with Gasteiger partial charge in [-0.25, -0.2) is 0 Å². The lowest BCUT2D eigenvalue weighted by Crippen LogP contribution is -2.13. The number of hydrogen-bond acceptors (Lipinski definition) is 2. The molecule has 106 valence electrons. The number of benzene rings is 1. The molecule has 0 fully saturated rings. The van der Waals surface area contributed by atoms with Crippen LogP contribution in [0, 0.1) is 0 Å². The van der Waals surface area contributed by atoms with Crippen molar-refractivity contribution in [2.75, 3.05) is 0 Å². The van der Waals surface area contributed by atoms with Crippen LogP contribution in [-0.2, 0) is 12.6 Å². The first-order valence-electron chi connectivity index (χ1n) is 5.81. The third-order valence-electron chi connectivity index (χ3n) is 2.83. The molecule has 2 nitrogen and oxygen atoms in total. The van der Waals surface area contributed by atoms with Gasteiger partial charge < -0.3 is 5.11 Å². The van der Waals surface area contributed by atoms with Crippen molar-refractivity contribution < 1.29 is 18.3 Å². The lowest BCUT2D eigenvalue weighted by Gasteiger charge is -2.18. The molecule has 0 radical (unpaired) electrons. The summed E-state index contributed by atoms with van der Waals surface area (Å²) in [5.41, 5.74) is -0.288. The first-order valence-corrected chi connectivity index (χ1v) is 6.61. The van der Waals surface area contributed by atoms with Crippen molar-refractivity contribution in [3.05, 3.63) is 63.9 Å². The minimum atomic E-state index is -4.50. The fraction of sp³-hybridized carbons (Fsp3) is 0.214. The van der Waals surface area contributed by atoms with E-state index in [0.29, 0.717) is 10.0 Å². The molecule has 0 saturated carbocycles. The molecule has 1 aromatic carbocycles. The number of aromatic nitrogens is 1. The Kier molecular flexibility index (Phi) is 4.45. The van der Waals surface area contributed by atoms with Crippen molar-refractivity contribution in [3.8, 4) is 0 Å². The van der Waals surface area contributed by atoms with E-state index in [0.717, 1.165) is 6.07 Å². The van der Waals surface area contributed by atoms with Gasteiger partial charge in [0.15, 0.2) is 0 Å². The number of rotatable bonds is 3. The number of aliphatic hydroxyl groups is 1. The minimum Gasteiger partial charge on any atom is -0.388 e. The van der Waals surface area contributed by atoms with Crippen LogP contribution >= 0.6 is 15.9 Å². The smallest absolute Gasteiger partial charge is 0.388 e. The van der Waals surface area contributed by atoms with Crippen molar-refractivity contribution in [3.63, 3.8) is 0 Å². The molecular formula is C14H11BrF3NO. The highest BCUT2D eigenvalue weighted by Gasteiger charge is 2.35. The maximum atomic E-state index is 13.0. The molecule has 1 atom stereocenters. The van der Waals surface area contributed by atoms with Gasteiger partial charge in [0.25, 0.3) is 0 Å². The molecule has 0 aliphatic carbocycles. The van der Waals surface area contributed by atoms with Gasteiger partial charge in [0.05, 0.1) is 11.7 Å². The van der Waals surface area contributed by atoms with Crippen LogP contribution in [0.2, 0.25) is 0 Å². The fourth-order valence-corrected chi connectivity index (χ4v) is 2.28. The van der Waals surface area contributed by atoms with E-state index in [-0.39, 0.29) is 12.0 Å². The third-order valence-corrected chi connectivity index (χ3v) is 3.32. The summed E-state index contributed by atoms with van der Waals surface area (Å²) in [7, 11) is 0. The SMILES string of the molecule is OC(Cc1cccnc1)c1ccc(Br)cc1C(F)(F)F. The maximum Gasteiger partial charge on any atom is 0.416 e. The van der Waals surface area contributed by atoms with Gasteiger partial charge in [-0.05, 0) is 29.3 Å². The van der Waals surface area contributed by atoms with Gasteiger partial charge in [-0.3, -0.25) is 4.98 Å². The molecule has 0 bridgehead atoms. The molecule has 0 amide bonds. The molecule has 0 spiro atoms. The number of aliphatic hydroxyl groups excluding tert-OH is 1. The Balaban J connectivity index is 2.32. The van der Waals surface area contributed by atoms with Crippen molar-refractivity contribution in [1.82, 2.24) is 4.98 Å². The topological polar surface area (TPSA) is 33.1 Å². The standard InChI is InChI=1S/C14H11BrF3NO/c15-10-3-4-11(12(7-10)14(16,17)18)13(20)6-9-2-1-5-19-8-9/h1-5,7-8,13,20H,6H2. The zero-order valence-electron chi connectivity index (χ0n) is 10.2. The van der Waals surface area contributed by atoms with Crippen LogP contribution in [0.4, 0.5) is 13.2 Å². The Bertz CT molecular complexity index is 587. The highest BCUT2D eigenvalue weighted by molar-refractivity contribution is 9.10. The minimum absolute atomic E-state index is 0.0819. The zero-order chi connectivity index (χ0) is 14.8. The summed E-state index contributed by atoms with van der Waals surface area (Å²) >= 11 is 3.01. The predicted molar refractivity (Wildman–Crippen MR) is 72.0 cm³/mol. The van der Waals surface area contributed by atoms with Gasteiger partial charge in [-0.15, -0.1) is 0 Å². The van der Waals surface area contributed by atoms with E-state index in [1.807, 2.05) is 0 Å². The molecule has 2 aromatic rings. The number of nitrogens with zero attached hydrogens (tertiary/aromatic N) is 1. The summed E-state index contributed by atoms with van der Waals surface area (Å²) in [6.45, 7) is 0. The second-order valence-electron chi connectivity index (χ2n) is 4.31. The monoisotopic (exact) mass is 345 g/mol. The highest BCUT2D eigenvalue weighted by atomic mass is 79.9. The zero-order valence-corrected chi connectivity index (χ0v) is 11.8. The largest absolute Gasteiger partial charge is 0.416 e. The molecular weight excluding hydrogens is 335 g/mol. The number of hydrogen-bond donors (Lipinski definition) is 1. The molecule has 1 unspecified atom stereocenters. The van der Waals surface area contributed by atoms with E-state index in [4.69, 9.17) is 0 Å². The summed E-state index contributed by atoms with van der Waals surface area (Å²) in [4.78, 5) is 3.88. The first kappa shape index (κ1) is 15.0. The fourth-order valence-electron chi connectivity index (χ4n) is 1.92. The van der Waals surface area contributed by atoms with E-state index in [2.05, 4.69) is 20.9 Å². The predicted octanol–water partition coefficient (Wildman–Crippen LogP) is 4.14. The van der Waals surface area contributed by atoms with Crippen molar-refractivity contribution in [2.45, 2.75) is 18.7 Å². The van der Waals surface area contributed by atoms with Crippen molar-refractivity contribution in [2.24, 2.45) is 0 Å². The highest BCUT2D eigenvalue weighted by Crippen LogP contribution is 2.37. The number of halogens is 4. The van der Waals surface area contributed by atoms with Gasteiger partial charge in [0.2, 0.25) is 0 Å². The molecule has 1 heterocycles. The third kappa shape index (κ3) is 3.58. The molecule has 0 aliphatic rings. The van der Waals surface area contributed by atoms with Crippen LogP contribution < -0.4 is 0 Å². The van der Waals surface area contributed by atoms with Crippen LogP contribution in [0.3, 0.4) is 0 Å². The molecule has 0 aliphatic heterocycles. The first-order chi connectivity index (χ1) is 9.38.